The summed E-state index contributed by atoms with van der Waals surface area (Å²) in [6.07, 6.45) is 9.02. The van der Waals surface area contributed by atoms with Crippen LogP contribution in [0.15, 0.2) is 60.7 Å². The molecule has 1 fully saturated rings. The number of para-hydroxylation sites is 1. The van der Waals surface area contributed by atoms with E-state index < -0.39 is 0 Å². The summed E-state index contributed by atoms with van der Waals surface area (Å²) in [5, 5.41) is 2.55. The van der Waals surface area contributed by atoms with Gasteiger partial charge in [-0.3, -0.25) is 0 Å². The number of nitrogens with zero attached hydrogens (tertiary/aromatic N) is 2. The van der Waals surface area contributed by atoms with Gasteiger partial charge in [0.05, 0.1) is 12.6 Å². The molecular formula is C30H38N2O. The molecule has 3 heteroatoms. The van der Waals surface area contributed by atoms with Crippen LogP contribution in [0.5, 0.6) is 5.75 Å². The Morgan fingerprint density at radius 1 is 0.818 bits per heavy atom. The smallest absolute Gasteiger partial charge is 0.119 e. The summed E-state index contributed by atoms with van der Waals surface area (Å²) < 4.78 is 6.13. The van der Waals surface area contributed by atoms with E-state index in [1.54, 1.807) is 0 Å². The zero-order valence-electron chi connectivity index (χ0n) is 20.1. The van der Waals surface area contributed by atoms with Gasteiger partial charge in [0.1, 0.15) is 5.75 Å². The molecule has 0 amide bonds. The molecule has 33 heavy (non-hydrogen) atoms. The summed E-state index contributed by atoms with van der Waals surface area (Å²) in [5.41, 5.74) is 4.23. The lowest BCUT2D eigenvalue weighted by molar-refractivity contribution is 0.221. The van der Waals surface area contributed by atoms with E-state index in [9.17, 15) is 0 Å². The minimum atomic E-state index is 0.363. The average molecular weight is 443 g/mol. The fourth-order valence-electron chi connectivity index (χ4n) is 5.53. The van der Waals surface area contributed by atoms with Crippen LogP contribution in [-0.2, 0) is 6.42 Å². The predicted molar refractivity (Wildman–Crippen MR) is 139 cm³/mol. The van der Waals surface area contributed by atoms with Gasteiger partial charge in [-0.25, -0.2) is 0 Å². The highest BCUT2D eigenvalue weighted by atomic mass is 16.5. The SMILES string of the molecule is C[C@H](c1ccc2ccc(OCCCCCN3CCCCC3)cc2c1)N1CCc2ccccc21. The van der Waals surface area contributed by atoms with Crippen molar-refractivity contribution in [3.8, 4) is 5.75 Å². The van der Waals surface area contributed by atoms with Crippen molar-refractivity contribution in [2.75, 3.05) is 37.7 Å². The average Bonchev–Trinajstić information content (AvgIpc) is 3.30. The highest BCUT2D eigenvalue weighted by Gasteiger charge is 2.24. The van der Waals surface area contributed by atoms with Crippen LogP contribution in [0.4, 0.5) is 5.69 Å². The summed E-state index contributed by atoms with van der Waals surface area (Å²) >= 11 is 0. The van der Waals surface area contributed by atoms with E-state index >= 15 is 0 Å². The third kappa shape index (κ3) is 5.35. The number of unbranched alkanes of at least 4 members (excludes halogenated alkanes) is 2. The zero-order chi connectivity index (χ0) is 22.5. The summed E-state index contributed by atoms with van der Waals surface area (Å²) in [6, 6.07) is 22.6. The van der Waals surface area contributed by atoms with Gasteiger partial charge in [0.2, 0.25) is 0 Å². The number of anilines is 1. The lowest BCUT2D eigenvalue weighted by Crippen LogP contribution is -2.30. The van der Waals surface area contributed by atoms with Gasteiger partial charge in [0.25, 0.3) is 0 Å². The van der Waals surface area contributed by atoms with Crippen molar-refractivity contribution in [2.24, 2.45) is 0 Å². The van der Waals surface area contributed by atoms with Crippen molar-refractivity contribution in [1.82, 2.24) is 4.90 Å². The van der Waals surface area contributed by atoms with E-state index in [0.29, 0.717) is 6.04 Å². The quantitative estimate of drug-likeness (QED) is 0.332. The highest BCUT2D eigenvalue weighted by Crippen LogP contribution is 2.35. The Bertz CT molecular complexity index is 1060. The molecule has 2 aliphatic rings. The van der Waals surface area contributed by atoms with Crippen molar-refractivity contribution in [1.29, 1.82) is 0 Å². The van der Waals surface area contributed by atoms with Gasteiger partial charge in [-0.1, -0.05) is 42.8 Å². The molecule has 0 radical (unpaired) electrons. The van der Waals surface area contributed by atoms with E-state index in [1.165, 1.54) is 79.3 Å². The second-order valence-corrected chi connectivity index (χ2v) is 9.83. The number of hydrogen-bond donors (Lipinski definition) is 0. The molecule has 0 saturated carbocycles. The van der Waals surface area contributed by atoms with Gasteiger partial charge in [0, 0.05) is 12.2 Å². The van der Waals surface area contributed by atoms with Gasteiger partial charge in [-0.05, 0) is 111 Å². The Morgan fingerprint density at radius 3 is 2.58 bits per heavy atom. The fraction of sp³-hybridized carbons (Fsp3) is 0.467. The molecule has 0 N–H and O–H groups in total. The lowest BCUT2D eigenvalue weighted by atomic mass is 10.0. The van der Waals surface area contributed by atoms with E-state index in [0.717, 1.165) is 31.7 Å². The van der Waals surface area contributed by atoms with E-state index in [-0.39, 0.29) is 0 Å². The molecule has 0 spiro atoms. The maximum Gasteiger partial charge on any atom is 0.119 e. The summed E-state index contributed by atoms with van der Waals surface area (Å²) in [4.78, 5) is 5.17. The van der Waals surface area contributed by atoms with Crippen LogP contribution >= 0.6 is 0 Å². The molecule has 0 unspecified atom stereocenters. The summed E-state index contributed by atoms with van der Waals surface area (Å²) in [7, 11) is 0. The first kappa shape index (κ1) is 22.3. The lowest BCUT2D eigenvalue weighted by Gasteiger charge is -2.28. The molecular weight excluding hydrogens is 404 g/mol. The first-order chi connectivity index (χ1) is 16.3. The summed E-state index contributed by atoms with van der Waals surface area (Å²) in [5.74, 6) is 0.995. The number of hydrogen-bond acceptors (Lipinski definition) is 3. The minimum Gasteiger partial charge on any atom is -0.494 e. The Balaban J connectivity index is 1.16. The molecule has 0 aromatic heterocycles. The number of rotatable bonds is 9. The van der Waals surface area contributed by atoms with E-state index in [4.69, 9.17) is 4.74 Å². The van der Waals surface area contributed by atoms with Crippen LogP contribution in [0, 0.1) is 0 Å². The van der Waals surface area contributed by atoms with Crippen LogP contribution < -0.4 is 9.64 Å². The van der Waals surface area contributed by atoms with E-state index in [2.05, 4.69) is 77.4 Å². The van der Waals surface area contributed by atoms with Gasteiger partial charge in [0.15, 0.2) is 0 Å². The van der Waals surface area contributed by atoms with Crippen LogP contribution in [0.1, 0.15) is 62.6 Å². The maximum atomic E-state index is 6.13. The molecule has 1 atom stereocenters. The van der Waals surface area contributed by atoms with Crippen LogP contribution in [-0.4, -0.2) is 37.7 Å². The van der Waals surface area contributed by atoms with Crippen LogP contribution in [0.2, 0.25) is 0 Å². The minimum absolute atomic E-state index is 0.363. The van der Waals surface area contributed by atoms with Gasteiger partial charge >= 0.3 is 0 Å². The number of piperidine rings is 1. The number of likely N-dealkylation sites (tertiary alicyclic amines) is 1. The monoisotopic (exact) mass is 442 g/mol. The van der Waals surface area contributed by atoms with Crippen LogP contribution in [0.25, 0.3) is 10.8 Å². The standard InChI is InChI=1S/C30H38N2O/c1-24(32-20-16-26-10-4-5-11-30(26)32)27-13-12-25-14-15-29(23-28(25)22-27)33-21-9-3-8-19-31-17-6-2-7-18-31/h4-5,10-15,22-24H,2-3,6-9,16-21H2,1H3/t24-/m1/s1. The highest BCUT2D eigenvalue weighted by molar-refractivity contribution is 5.84. The molecule has 174 valence electrons. The van der Waals surface area contributed by atoms with Crippen LogP contribution in [0.3, 0.4) is 0 Å². The van der Waals surface area contributed by atoms with Crippen molar-refractivity contribution < 1.29 is 4.74 Å². The van der Waals surface area contributed by atoms with Gasteiger partial charge in [-0.2, -0.15) is 0 Å². The Kier molecular flexibility index (Phi) is 7.16. The predicted octanol–water partition coefficient (Wildman–Crippen LogP) is 7.00. The van der Waals surface area contributed by atoms with E-state index in [1.807, 2.05) is 0 Å². The second kappa shape index (κ2) is 10.6. The van der Waals surface area contributed by atoms with Crippen molar-refractivity contribution in [3.63, 3.8) is 0 Å². The molecule has 3 nitrogen and oxygen atoms in total. The third-order valence-corrected chi connectivity index (χ3v) is 7.54. The first-order valence-electron chi connectivity index (χ1n) is 13.0. The largest absolute Gasteiger partial charge is 0.494 e. The molecule has 1 saturated heterocycles. The maximum absolute atomic E-state index is 6.13. The Hall–Kier alpha value is -2.52. The molecule has 3 aromatic rings. The van der Waals surface area contributed by atoms with Crippen molar-refractivity contribution in [2.45, 2.75) is 57.9 Å². The van der Waals surface area contributed by atoms with Gasteiger partial charge < -0.3 is 14.5 Å². The third-order valence-electron chi connectivity index (χ3n) is 7.54. The second-order valence-electron chi connectivity index (χ2n) is 9.83. The molecule has 3 aromatic carbocycles. The Labute approximate surface area is 199 Å². The number of ether oxygens (including phenoxy) is 1. The molecule has 2 aliphatic heterocycles. The number of fused-ring (bicyclic) bond motifs is 2. The fourth-order valence-corrected chi connectivity index (χ4v) is 5.53. The normalized spacial score (nSPS) is 17.3. The molecule has 2 heterocycles. The molecule has 0 aliphatic carbocycles. The molecule has 5 rings (SSSR count). The topological polar surface area (TPSA) is 15.7 Å². The zero-order valence-corrected chi connectivity index (χ0v) is 20.1. The number of benzene rings is 3. The summed E-state index contributed by atoms with van der Waals surface area (Å²) in [6.45, 7) is 8.11. The Morgan fingerprint density at radius 2 is 1.67 bits per heavy atom. The molecule has 0 bridgehead atoms. The van der Waals surface area contributed by atoms with Crippen molar-refractivity contribution in [3.05, 3.63) is 71.8 Å². The first-order valence-corrected chi connectivity index (χ1v) is 13.0. The van der Waals surface area contributed by atoms with Gasteiger partial charge in [-0.15, -0.1) is 0 Å². The van der Waals surface area contributed by atoms with Crippen molar-refractivity contribution >= 4 is 16.5 Å².